The molecule has 0 saturated heterocycles. The average Bonchev–Trinajstić information content (AvgIpc) is 3.19. The van der Waals surface area contributed by atoms with Gasteiger partial charge in [-0.2, -0.15) is 0 Å². The van der Waals surface area contributed by atoms with Gasteiger partial charge in [0.15, 0.2) is 0 Å². The lowest BCUT2D eigenvalue weighted by molar-refractivity contribution is -0.154. The number of carbonyl (C=O) groups excluding carboxylic acids is 2. The van der Waals surface area contributed by atoms with E-state index >= 15 is 0 Å². The van der Waals surface area contributed by atoms with E-state index in [2.05, 4.69) is 43.9 Å². The molecule has 0 spiro atoms. The van der Waals surface area contributed by atoms with Crippen LogP contribution in [0.15, 0.2) is 34.9 Å². The highest BCUT2D eigenvalue weighted by atomic mass is 16.6. The van der Waals surface area contributed by atoms with Crippen LogP contribution in [0.2, 0.25) is 0 Å². The summed E-state index contributed by atoms with van der Waals surface area (Å²) in [6.45, 7) is 11.5. The Bertz CT molecular complexity index is 976. The van der Waals surface area contributed by atoms with Crippen molar-refractivity contribution in [3.8, 4) is 11.8 Å². The second-order valence-electron chi connectivity index (χ2n) is 11.5. The molecule has 37 heavy (non-hydrogen) atoms. The summed E-state index contributed by atoms with van der Waals surface area (Å²) in [4.78, 5) is 23.1. The molecule has 3 aliphatic rings. The Balaban J connectivity index is 1.74. The molecule has 5 heteroatoms. The van der Waals surface area contributed by atoms with Crippen LogP contribution in [0.5, 0.6) is 0 Å². The number of carbonyl (C=O) groups is 2. The molecule has 0 aromatic carbocycles. The zero-order chi connectivity index (χ0) is 27.2. The molecule has 2 fully saturated rings. The van der Waals surface area contributed by atoms with Crippen molar-refractivity contribution in [1.29, 1.82) is 0 Å². The van der Waals surface area contributed by atoms with Crippen LogP contribution in [0.1, 0.15) is 106 Å². The normalized spacial score (nSPS) is 29.5. The third-order valence-corrected chi connectivity index (χ3v) is 8.75. The van der Waals surface area contributed by atoms with E-state index in [1.807, 2.05) is 13.8 Å². The van der Waals surface area contributed by atoms with Crippen LogP contribution in [-0.4, -0.2) is 34.9 Å². The fourth-order valence-electron chi connectivity index (χ4n) is 6.66. The van der Waals surface area contributed by atoms with E-state index in [0.29, 0.717) is 43.9 Å². The molecule has 0 radical (unpaired) electrons. The number of hydrogen-bond acceptors (Lipinski definition) is 5. The van der Waals surface area contributed by atoms with Crippen LogP contribution in [-0.2, 0) is 19.1 Å². The first-order valence-corrected chi connectivity index (χ1v) is 14.2. The fraction of sp³-hybridized carbons (Fsp3) is 0.688. The zero-order valence-corrected chi connectivity index (χ0v) is 23.7. The number of rotatable bonds is 7. The summed E-state index contributed by atoms with van der Waals surface area (Å²) >= 11 is 0. The van der Waals surface area contributed by atoms with E-state index in [-0.39, 0.29) is 29.6 Å². The number of fused-ring (bicyclic) bond motifs is 1. The maximum absolute atomic E-state index is 11.6. The maximum Gasteiger partial charge on any atom is 0.302 e. The van der Waals surface area contributed by atoms with Crippen LogP contribution in [0.4, 0.5) is 0 Å². The molecule has 0 bridgehead atoms. The average molecular weight is 511 g/mol. The second-order valence-corrected chi connectivity index (χ2v) is 11.5. The van der Waals surface area contributed by atoms with E-state index in [9.17, 15) is 14.7 Å². The van der Waals surface area contributed by atoms with Gasteiger partial charge in [-0.3, -0.25) is 9.59 Å². The lowest BCUT2D eigenvalue weighted by Gasteiger charge is -2.42. The third-order valence-electron chi connectivity index (χ3n) is 8.75. The molecule has 5 atom stereocenters. The van der Waals surface area contributed by atoms with E-state index in [1.165, 1.54) is 31.4 Å². The molecular weight excluding hydrogens is 464 g/mol. The van der Waals surface area contributed by atoms with Crippen molar-refractivity contribution in [2.24, 2.45) is 17.3 Å². The number of allylic oxidation sites excluding steroid dienone is 5. The Morgan fingerprint density at radius 1 is 1.16 bits per heavy atom. The van der Waals surface area contributed by atoms with Gasteiger partial charge >= 0.3 is 11.9 Å². The van der Waals surface area contributed by atoms with Gasteiger partial charge in [0.1, 0.15) is 17.8 Å². The van der Waals surface area contributed by atoms with Crippen molar-refractivity contribution < 1.29 is 24.2 Å². The molecule has 0 heterocycles. The number of aliphatic hydroxyl groups is 1. The molecule has 0 unspecified atom stereocenters. The molecule has 204 valence electrons. The lowest BCUT2D eigenvalue weighted by Crippen LogP contribution is -2.32. The summed E-state index contributed by atoms with van der Waals surface area (Å²) in [6.07, 6.45) is 14.9. The summed E-state index contributed by atoms with van der Waals surface area (Å²) in [7, 11) is 0. The largest absolute Gasteiger partial charge is 0.462 e. The Kier molecular flexibility index (Phi) is 9.86. The van der Waals surface area contributed by atoms with Gasteiger partial charge in [-0.1, -0.05) is 74.5 Å². The number of hydrogen-bond donors (Lipinski definition) is 1. The highest BCUT2D eigenvalue weighted by Crippen LogP contribution is 2.56. The molecule has 2 saturated carbocycles. The zero-order valence-electron chi connectivity index (χ0n) is 23.7. The molecular formula is C32H46O5. The standard InChI is InChI=1S/C32H46O5/c1-7-32(35,8-2)18-9-11-22(3)29-15-16-30-26(12-10-17-31(29,30)6)14-13-25-19-27(36-23(4)33)21-28(20-25)37-24(5)34/h13-15,22,27-28,30,35H,7-8,10-12,16-17,19-21H2,1-6H3/b26-14+/t22-,27-,28-,30+,31-/m1/s1. The van der Waals surface area contributed by atoms with Crippen molar-refractivity contribution in [3.05, 3.63) is 34.9 Å². The summed E-state index contributed by atoms with van der Waals surface area (Å²) in [5.74, 6) is 6.68. The van der Waals surface area contributed by atoms with Gasteiger partial charge in [0.05, 0.1) is 0 Å². The second kappa shape index (κ2) is 12.5. The molecule has 0 aliphatic heterocycles. The van der Waals surface area contributed by atoms with Crippen molar-refractivity contribution in [1.82, 2.24) is 0 Å². The molecule has 0 aromatic heterocycles. The summed E-state index contributed by atoms with van der Waals surface area (Å²) in [6, 6.07) is 0. The van der Waals surface area contributed by atoms with Gasteiger partial charge < -0.3 is 14.6 Å². The smallest absolute Gasteiger partial charge is 0.302 e. The quantitative estimate of drug-likeness (QED) is 0.237. The van der Waals surface area contributed by atoms with E-state index in [4.69, 9.17) is 9.47 Å². The first kappa shape index (κ1) is 29.2. The molecule has 1 N–H and O–H groups in total. The monoisotopic (exact) mass is 510 g/mol. The van der Waals surface area contributed by atoms with E-state index < -0.39 is 5.60 Å². The SMILES string of the molecule is CCC(O)(C#CC[C@@H](C)C1=CC[C@H]2/C(=C/C=C3C[C@@H](OC(C)=O)C[C@H](OC(C)=O)C3)CCC[C@]12C)CC. The van der Waals surface area contributed by atoms with Crippen LogP contribution < -0.4 is 0 Å². The Morgan fingerprint density at radius 2 is 1.78 bits per heavy atom. The van der Waals surface area contributed by atoms with Gasteiger partial charge in [-0.25, -0.2) is 0 Å². The predicted octanol–water partition coefficient (Wildman–Crippen LogP) is 6.60. The van der Waals surface area contributed by atoms with Crippen LogP contribution in [0.25, 0.3) is 0 Å². The maximum atomic E-state index is 11.6. The van der Waals surface area contributed by atoms with Crippen molar-refractivity contribution in [3.63, 3.8) is 0 Å². The lowest BCUT2D eigenvalue weighted by atomic mass is 9.62. The fourth-order valence-corrected chi connectivity index (χ4v) is 6.66. The predicted molar refractivity (Wildman–Crippen MR) is 146 cm³/mol. The minimum atomic E-state index is -0.869. The van der Waals surface area contributed by atoms with Gasteiger partial charge in [0.25, 0.3) is 0 Å². The van der Waals surface area contributed by atoms with E-state index in [0.717, 1.165) is 31.3 Å². The first-order valence-electron chi connectivity index (χ1n) is 14.2. The molecule has 0 amide bonds. The number of esters is 2. The van der Waals surface area contributed by atoms with E-state index in [1.54, 1.807) is 0 Å². The topological polar surface area (TPSA) is 72.8 Å². The molecule has 3 rings (SSSR count). The molecule has 0 aromatic rings. The van der Waals surface area contributed by atoms with Crippen molar-refractivity contribution >= 4 is 11.9 Å². The molecule has 3 aliphatic carbocycles. The van der Waals surface area contributed by atoms with Gasteiger partial charge in [0, 0.05) is 39.5 Å². The first-order chi connectivity index (χ1) is 17.5. The van der Waals surface area contributed by atoms with Crippen LogP contribution in [0.3, 0.4) is 0 Å². The van der Waals surface area contributed by atoms with Crippen LogP contribution >= 0.6 is 0 Å². The highest BCUT2D eigenvalue weighted by Gasteiger charge is 2.45. The molecule has 5 nitrogen and oxygen atoms in total. The Morgan fingerprint density at radius 3 is 2.35 bits per heavy atom. The summed E-state index contributed by atoms with van der Waals surface area (Å²) in [5.41, 5.74) is 3.44. The van der Waals surface area contributed by atoms with Crippen molar-refractivity contribution in [2.75, 3.05) is 0 Å². The Labute approximate surface area is 223 Å². The highest BCUT2D eigenvalue weighted by molar-refractivity contribution is 5.67. The third kappa shape index (κ3) is 7.38. The number of ether oxygens (including phenoxy) is 2. The summed E-state index contributed by atoms with van der Waals surface area (Å²) < 4.78 is 11.0. The minimum absolute atomic E-state index is 0.141. The van der Waals surface area contributed by atoms with Gasteiger partial charge in [-0.15, -0.1) is 0 Å². The summed E-state index contributed by atoms with van der Waals surface area (Å²) in [5, 5.41) is 10.5. The minimum Gasteiger partial charge on any atom is -0.462 e. The Hall–Kier alpha value is -2.32. The van der Waals surface area contributed by atoms with Gasteiger partial charge in [-0.05, 0) is 55.8 Å². The van der Waals surface area contributed by atoms with Gasteiger partial charge in [0.2, 0.25) is 0 Å². The van der Waals surface area contributed by atoms with Crippen molar-refractivity contribution in [2.45, 2.75) is 124 Å². The van der Waals surface area contributed by atoms with Crippen LogP contribution in [0, 0.1) is 29.1 Å².